The summed E-state index contributed by atoms with van der Waals surface area (Å²) in [5, 5.41) is 9.36. The van der Waals surface area contributed by atoms with Gasteiger partial charge >= 0.3 is 5.97 Å². The number of aryl methyl sites for hydroxylation is 2. The van der Waals surface area contributed by atoms with Crippen LogP contribution in [0.1, 0.15) is 78.4 Å². The van der Waals surface area contributed by atoms with Gasteiger partial charge in [0.05, 0.1) is 5.56 Å². The zero-order valence-electron chi connectivity index (χ0n) is 13.7. The number of benzene rings is 1. The van der Waals surface area contributed by atoms with Crippen LogP contribution in [0.15, 0.2) is 12.1 Å². The van der Waals surface area contributed by atoms with E-state index in [1.165, 1.54) is 49.7 Å². The minimum atomic E-state index is -0.783. The van der Waals surface area contributed by atoms with Gasteiger partial charge in [-0.15, -0.1) is 0 Å². The van der Waals surface area contributed by atoms with Crippen molar-refractivity contribution >= 4 is 5.97 Å². The van der Waals surface area contributed by atoms with E-state index >= 15 is 0 Å². The highest BCUT2D eigenvalue weighted by atomic mass is 16.4. The van der Waals surface area contributed by atoms with Gasteiger partial charge in [-0.2, -0.15) is 0 Å². The van der Waals surface area contributed by atoms with Crippen molar-refractivity contribution in [3.05, 3.63) is 34.4 Å². The van der Waals surface area contributed by atoms with Gasteiger partial charge in [-0.1, -0.05) is 19.4 Å². The predicted octanol–water partition coefficient (Wildman–Crippen LogP) is 4.94. The molecule has 3 aliphatic rings. The molecule has 0 aliphatic heterocycles. The molecule has 4 atom stereocenters. The molecule has 3 aliphatic carbocycles. The molecule has 1 N–H and O–H groups in total. The van der Waals surface area contributed by atoms with Gasteiger partial charge in [-0.25, -0.2) is 4.79 Å². The van der Waals surface area contributed by atoms with E-state index in [2.05, 4.69) is 13.0 Å². The molecule has 0 heterocycles. The number of aromatic carboxylic acids is 1. The van der Waals surface area contributed by atoms with Crippen molar-refractivity contribution in [1.82, 2.24) is 0 Å². The number of carboxylic acid groups (broad SMARTS) is 1. The van der Waals surface area contributed by atoms with Crippen LogP contribution in [0.25, 0.3) is 0 Å². The van der Waals surface area contributed by atoms with Crippen LogP contribution >= 0.6 is 0 Å². The average molecular weight is 298 g/mol. The van der Waals surface area contributed by atoms with Crippen molar-refractivity contribution in [2.24, 2.45) is 17.3 Å². The standard InChI is InChI=1S/C20H26O2/c1-12-10-17-13(11-16(12)19(21)22)5-6-15-14(17)7-9-20(2)8-3-4-18(15)20/h10-11,14-15,18H,3-9H2,1-2H3,(H,21,22)/t14-,15+,18-,20-/m0/s1. The lowest BCUT2D eigenvalue weighted by molar-refractivity contribution is 0.0597. The number of carbonyl (C=O) groups is 1. The summed E-state index contributed by atoms with van der Waals surface area (Å²) < 4.78 is 0. The zero-order chi connectivity index (χ0) is 15.5. The van der Waals surface area contributed by atoms with Gasteiger partial charge in [-0.05, 0) is 91.4 Å². The molecule has 0 bridgehead atoms. The number of hydrogen-bond donors (Lipinski definition) is 1. The molecule has 1 aromatic carbocycles. The quantitative estimate of drug-likeness (QED) is 0.797. The fourth-order valence-corrected chi connectivity index (χ4v) is 5.96. The molecular formula is C20H26O2. The SMILES string of the molecule is Cc1cc2c(cc1C(=O)O)CC[C@@H]1[C@@H]2CC[C@]2(C)CCC[C@@H]12. The summed E-state index contributed by atoms with van der Waals surface area (Å²) in [6.07, 6.45) is 9.25. The first-order chi connectivity index (χ1) is 10.5. The maximum atomic E-state index is 11.4. The van der Waals surface area contributed by atoms with Crippen molar-refractivity contribution < 1.29 is 9.90 Å². The molecule has 22 heavy (non-hydrogen) atoms. The Morgan fingerprint density at radius 3 is 2.82 bits per heavy atom. The topological polar surface area (TPSA) is 37.3 Å². The molecule has 2 fully saturated rings. The Bertz CT molecular complexity index is 633. The van der Waals surface area contributed by atoms with E-state index in [4.69, 9.17) is 0 Å². The van der Waals surface area contributed by atoms with Crippen LogP contribution in [0.4, 0.5) is 0 Å². The average Bonchev–Trinajstić information content (AvgIpc) is 2.88. The molecule has 0 unspecified atom stereocenters. The van der Waals surface area contributed by atoms with Gasteiger partial charge in [-0.3, -0.25) is 0 Å². The van der Waals surface area contributed by atoms with Crippen LogP contribution in [0.5, 0.6) is 0 Å². The lowest BCUT2D eigenvalue weighted by Crippen LogP contribution is -2.39. The molecule has 118 valence electrons. The van der Waals surface area contributed by atoms with E-state index in [1.54, 1.807) is 0 Å². The van der Waals surface area contributed by atoms with Crippen LogP contribution < -0.4 is 0 Å². The maximum absolute atomic E-state index is 11.4. The smallest absolute Gasteiger partial charge is 0.335 e. The summed E-state index contributed by atoms with van der Waals surface area (Å²) in [6.45, 7) is 4.48. The summed E-state index contributed by atoms with van der Waals surface area (Å²) >= 11 is 0. The molecule has 2 saturated carbocycles. The Labute approximate surface area is 132 Å². The Morgan fingerprint density at radius 2 is 2.05 bits per heavy atom. The molecule has 1 aromatic rings. The van der Waals surface area contributed by atoms with Crippen molar-refractivity contribution in [2.75, 3.05) is 0 Å². The highest BCUT2D eigenvalue weighted by molar-refractivity contribution is 5.89. The van der Waals surface area contributed by atoms with Crippen molar-refractivity contribution in [2.45, 2.75) is 64.7 Å². The molecule has 0 spiro atoms. The first-order valence-corrected chi connectivity index (χ1v) is 8.86. The minimum Gasteiger partial charge on any atom is -0.478 e. The van der Waals surface area contributed by atoms with Gasteiger partial charge in [0.2, 0.25) is 0 Å². The first-order valence-electron chi connectivity index (χ1n) is 8.86. The molecule has 0 radical (unpaired) electrons. The van der Waals surface area contributed by atoms with E-state index in [1.807, 2.05) is 13.0 Å². The van der Waals surface area contributed by atoms with Gasteiger partial charge in [0.25, 0.3) is 0 Å². The second-order valence-electron chi connectivity index (χ2n) is 8.17. The molecule has 2 nitrogen and oxygen atoms in total. The predicted molar refractivity (Wildman–Crippen MR) is 87.4 cm³/mol. The zero-order valence-corrected chi connectivity index (χ0v) is 13.7. The number of carboxylic acids is 1. The van der Waals surface area contributed by atoms with Crippen molar-refractivity contribution in [3.63, 3.8) is 0 Å². The van der Waals surface area contributed by atoms with E-state index in [0.29, 0.717) is 16.9 Å². The van der Waals surface area contributed by atoms with Gasteiger partial charge in [0, 0.05) is 0 Å². The molecular weight excluding hydrogens is 272 g/mol. The van der Waals surface area contributed by atoms with Crippen LogP contribution in [0.3, 0.4) is 0 Å². The summed E-state index contributed by atoms with van der Waals surface area (Å²) in [5.41, 5.74) is 4.82. The van der Waals surface area contributed by atoms with E-state index in [0.717, 1.165) is 23.8 Å². The van der Waals surface area contributed by atoms with Crippen LogP contribution in [0.2, 0.25) is 0 Å². The van der Waals surface area contributed by atoms with Crippen LogP contribution in [0, 0.1) is 24.2 Å². The molecule has 0 aromatic heterocycles. The minimum absolute atomic E-state index is 0.499. The Hall–Kier alpha value is -1.31. The monoisotopic (exact) mass is 298 g/mol. The molecule has 0 saturated heterocycles. The van der Waals surface area contributed by atoms with Gasteiger partial charge < -0.3 is 5.11 Å². The third kappa shape index (κ3) is 1.96. The van der Waals surface area contributed by atoms with Crippen molar-refractivity contribution in [3.8, 4) is 0 Å². The van der Waals surface area contributed by atoms with Crippen LogP contribution in [-0.2, 0) is 6.42 Å². The van der Waals surface area contributed by atoms with Crippen molar-refractivity contribution in [1.29, 1.82) is 0 Å². The highest BCUT2D eigenvalue weighted by Gasteiger charge is 2.50. The third-order valence-electron chi connectivity index (χ3n) is 7.08. The van der Waals surface area contributed by atoms with Gasteiger partial charge in [0.15, 0.2) is 0 Å². The fourth-order valence-electron chi connectivity index (χ4n) is 5.96. The van der Waals surface area contributed by atoms with Crippen LogP contribution in [-0.4, -0.2) is 11.1 Å². The number of fused-ring (bicyclic) bond motifs is 5. The largest absolute Gasteiger partial charge is 0.478 e. The van der Waals surface area contributed by atoms with E-state index < -0.39 is 5.97 Å². The lowest BCUT2D eigenvalue weighted by Gasteiger charge is -2.49. The number of hydrogen-bond acceptors (Lipinski definition) is 1. The fraction of sp³-hybridized carbons (Fsp3) is 0.650. The summed E-state index contributed by atoms with van der Waals surface area (Å²) in [7, 11) is 0. The molecule has 0 amide bonds. The first kappa shape index (κ1) is 14.3. The third-order valence-corrected chi connectivity index (χ3v) is 7.08. The summed E-state index contributed by atoms with van der Waals surface area (Å²) in [4.78, 5) is 11.4. The number of rotatable bonds is 1. The van der Waals surface area contributed by atoms with E-state index in [9.17, 15) is 9.90 Å². The Kier molecular flexibility index (Phi) is 3.15. The second kappa shape index (κ2) is 4.84. The van der Waals surface area contributed by atoms with E-state index in [-0.39, 0.29) is 0 Å². The summed E-state index contributed by atoms with van der Waals surface area (Å²) in [6, 6.07) is 4.17. The normalized spacial score (nSPS) is 36.4. The summed E-state index contributed by atoms with van der Waals surface area (Å²) in [5.74, 6) is 1.64. The highest BCUT2D eigenvalue weighted by Crippen LogP contribution is 2.60. The Balaban J connectivity index is 1.73. The Morgan fingerprint density at radius 1 is 1.23 bits per heavy atom. The second-order valence-corrected chi connectivity index (χ2v) is 8.17. The lowest BCUT2D eigenvalue weighted by atomic mass is 9.56. The van der Waals surface area contributed by atoms with Gasteiger partial charge in [0.1, 0.15) is 0 Å². The molecule has 2 heteroatoms. The maximum Gasteiger partial charge on any atom is 0.335 e. The molecule has 4 rings (SSSR count).